The van der Waals surface area contributed by atoms with Crippen molar-refractivity contribution in [3.05, 3.63) is 91.5 Å². The maximum absolute atomic E-state index is 11.5. The van der Waals surface area contributed by atoms with Crippen molar-refractivity contribution in [2.45, 2.75) is 70.8 Å². The molecule has 0 saturated heterocycles. The number of unbranched alkanes of at least 4 members (excludes halogenated alkanes) is 5. The Morgan fingerprint density at radius 1 is 0.775 bits per heavy atom. The van der Waals surface area contributed by atoms with Crippen molar-refractivity contribution in [1.82, 2.24) is 0 Å². The van der Waals surface area contributed by atoms with Crippen LogP contribution in [-0.4, -0.2) is 31.3 Å². The highest BCUT2D eigenvalue weighted by molar-refractivity contribution is 5.88. The fourth-order valence-electron chi connectivity index (χ4n) is 4.58. The molecular formula is C35H42O5. The third kappa shape index (κ3) is 10.4. The molecule has 0 bridgehead atoms. The first-order valence-electron chi connectivity index (χ1n) is 14.4. The predicted molar refractivity (Wildman–Crippen MR) is 162 cm³/mol. The molecule has 0 heterocycles. The number of carbonyl (C=O) groups is 2. The standard InChI is InChI=1S/C35H42O5/c1-4-7-10-13-27-15-17-28(18-16-27)29-19-20-31-25-32(22-21-30(31)24-29)38-23-12-9-8-11-14-33(40-35(37)6-3)26-39-34(36)5-2/h5-6,15-22,24-25,33H,2-4,7-14,23,26H2,1H3. The molecule has 0 aliphatic rings. The molecule has 0 aromatic heterocycles. The number of fused-ring (bicyclic) bond motifs is 1. The summed E-state index contributed by atoms with van der Waals surface area (Å²) in [6.07, 6.45) is 11.0. The van der Waals surface area contributed by atoms with Crippen LogP contribution in [0, 0.1) is 0 Å². The van der Waals surface area contributed by atoms with Gasteiger partial charge in [-0.3, -0.25) is 0 Å². The highest BCUT2D eigenvalue weighted by Crippen LogP contribution is 2.28. The predicted octanol–water partition coefficient (Wildman–Crippen LogP) is 8.40. The molecule has 0 saturated carbocycles. The van der Waals surface area contributed by atoms with E-state index < -0.39 is 18.0 Å². The Morgan fingerprint density at radius 3 is 2.23 bits per heavy atom. The summed E-state index contributed by atoms with van der Waals surface area (Å²) in [7, 11) is 0. The number of hydrogen-bond donors (Lipinski definition) is 0. The Balaban J connectivity index is 1.41. The van der Waals surface area contributed by atoms with E-state index in [1.54, 1.807) is 0 Å². The Labute approximate surface area is 238 Å². The molecule has 3 rings (SSSR count). The second-order valence-corrected chi connectivity index (χ2v) is 10.0. The van der Waals surface area contributed by atoms with Crippen molar-refractivity contribution in [3.63, 3.8) is 0 Å². The second kappa shape index (κ2) is 17.0. The summed E-state index contributed by atoms with van der Waals surface area (Å²) in [5.74, 6) is -0.183. The number of rotatable bonds is 18. The smallest absolute Gasteiger partial charge is 0.330 e. The molecule has 0 aliphatic carbocycles. The molecule has 0 fully saturated rings. The van der Waals surface area contributed by atoms with Gasteiger partial charge in [-0.05, 0) is 77.8 Å². The van der Waals surface area contributed by atoms with E-state index in [4.69, 9.17) is 14.2 Å². The van der Waals surface area contributed by atoms with Gasteiger partial charge in [-0.2, -0.15) is 0 Å². The van der Waals surface area contributed by atoms with Crippen molar-refractivity contribution in [2.75, 3.05) is 13.2 Å². The van der Waals surface area contributed by atoms with Gasteiger partial charge >= 0.3 is 11.9 Å². The summed E-state index contributed by atoms with van der Waals surface area (Å²) in [4.78, 5) is 22.9. The number of aryl methyl sites for hydroxylation is 1. The van der Waals surface area contributed by atoms with Gasteiger partial charge in [0.25, 0.3) is 0 Å². The van der Waals surface area contributed by atoms with Gasteiger partial charge < -0.3 is 14.2 Å². The van der Waals surface area contributed by atoms with Crippen molar-refractivity contribution >= 4 is 22.7 Å². The van der Waals surface area contributed by atoms with E-state index in [9.17, 15) is 9.59 Å². The zero-order valence-electron chi connectivity index (χ0n) is 23.7. The van der Waals surface area contributed by atoms with E-state index in [1.807, 2.05) is 6.07 Å². The lowest BCUT2D eigenvalue weighted by Gasteiger charge is -2.16. The third-order valence-electron chi connectivity index (χ3n) is 6.88. The van der Waals surface area contributed by atoms with Gasteiger partial charge in [-0.1, -0.05) is 88.2 Å². The number of hydrogen-bond acceptors (Lipinski definition) is 5. The summed E-state index contributed by atoms with van der Waals surface area (Å²) in [5, 5.41) is 2.36. The quantitative estimate of drug-likeness (QED) is 0.0917. The van der Waals surface area contributed by atoms with Crippen LogP contribution in [0.5, 0.6) is 5.75 Å². The minimum atomic E-state index is -0.534. The van der Waals surface area contributed by atoms with Crippen LogP contribution < -0.4 is 4.74 Å². The number of benzene rings is 3. The molecule has 0 aliphatic heterocycles. The van der Waals surface area contributed by atoms with Gasteiger partial charge in [-0.25, -0.2) is 9.59 Å². The highest BCUT2D eigenvalue weighted by Gasteiger charge is 2.14. The van der Waals surface area contributed by atoms with Crippen molar-refractivity contribution in [1.29, 1.82) is 0 Å². The summed E-state index contributed by atoms with van der Waals surface area (Å²) < 4.78 is 16.3. The lowest BCUT2D eigenvalue weighted by atomic mass is 9.99. The van der Waals surface area contributed by atoms with Crippen LogP contribution in [0.2, 0.25) is 0 Å². The van der Waals surface area contributed by atoms with Crippen molar-refractivity contribution in [3.8, 4) is 16.9 Å². The van der Waals surface area contributed by atoms with Crippen LogP contribution in [-0.2, 0) is 25.5 Å². The van der Waals surface area contributed by atoms with Crippen molar-refractivity contribution in [2.24, 2.45) is 0 Å². The summed E-state index contributed by atoms with van der Waals surface area (Å²) in [5.41, 5.74) is 3.87. The Morgan fingerprint density at radius 2 is 1.48 bits per heavy atom. The Kier molecular flexibility index (Phi) is 13.0. The first-order valence-corrected chi connectivity index (χ1v) is 14.4. The van der Waals surface area contributed by atoms with Gasteiger partial charge in [0.05, 0.1) is 6.61 Å². The first kappa shape index (κ1) is 30.7. The van der Waals surface area contributed by atoms with Gasteiger partial charge in [0.1, 0.15) is 18.5 Å². The average molecular weight is 543 g/mol. The number of carbonyl (C=O) groups excluding carboxylic acids is 2. The molecule has 212 valence electrons. The van der Waals surface area contributed by atoms with E-state index in [1.165, 1.54) is 41.3 Å². The molecule has 1 atom stereocenters. The highest BCUT2D eigenvalue weighted by atomic mass is 16.6. The zero-order valence-corrected chi connectivity index (χ0v) is 23.7. The van der Waals surface area contributed by atoms with Crippen LogP contribution in [0.1, 0.15) is 63.9 Å². The van der Waals surface area contributed by atoms with Crippen LogP contribution in [0.15, 0.2) is 86.0 Å². The minimum absolute atomic E-state index is 0.0163. The first-order chi connectivity index (χ1) is 19.5. The molecular weight excluding hydrogens is 500 g/mol. The fourth-order valence-corrected chi connectivity index (χ4v) is 4.58. The average Bonchev–Trinajstić information content (AvgIpc) is 2.99. The third-order valence-corrected chi connectivity index (χ3v) is 6.88. The maximum Gasteiger partial charge on any atom is 0.330 e. The van der Waals surface area contributed by atoms with Gasteiger partial charge in [-0.15, -0.1) is 0 Å². The normalized spacial score (nSPS) is 11.5. The molecule has 1 unspecified atom stereocenters. The molecule has 40 heavy (non-hydrogen) atoms. The van der Waals surface area contributed by atoms with Crippen LogP contribution in [0.3, 0.4) is 0 Å². The lowest BCUT2D eigenvalue weighted by Crippen LogP contribution is -2.24. The Hall–Kier alpha value is -3.86. The van der Waals surface area contributed by atoms with E-state index in [0.717, 1.165) is 55.4 Å². The molecule has 0 amide bonds. The van der Waals surface area contributed by atoms with E-state index in [2.05, 4.69) is 74.7 Å². The van der Waals surface area contributed by atoms with Gasteiger partial charge in [0, 0.05) is 12.2 Å². The molecule has 3 aromatic carbocycles. The van der Waals surface area contributed by atoms with Gasteiger partial charge in [0.15, 0.2) is 0 Å². The molecule has 0 radical (unpaired) electrons. The Bertz CT molecular complexity index is 1240. The summed E-state index contributed by atoms with van der Waals surface area (Å²) in [6, 6.07) is 21.8. The number of ether oxygens (including phenoxy) is 3. The van der Waals surface area contributed by atoms with E-state index in [-0.39, 0.29) is 6.61 Å². The van der Waals surface area contributed by atoms with Crippen molar-refractivity contribution < 1.29 is 23.8 Å². The summed E-state index contributed by atoms with van der Waals surface area (Å²) >= 11 is 0. The van der Waals surface area contributed by atoms with Gasteiger partial charge in [0.2, 0.25) is 0 Å². The van der Waals surface area contributed by atoms with Crippen LogP contribution in [0.25, 0.3) is 21.9 Å². The SMILES string of the molecule is C=CC(=O)OCC(CCCCCCOc1ccc2cc(-c3ccc(CCCCC)cc3)ccc2c1)OC(=O)C=C. The molecule has 3 aromatic rings. The minimum Gasteiger partial charge on any atom is -0.494 e. The lowest BCUT2D eigenvalue weighted by molar-refractivity contribution is -0.153. The number of esters is 2. The monoisotopic (exact) mass is 542 g/mol. The fraction of sp³-hybridized carbons (Fsp3) is 0.371. The van der Waals surface area contributed by atoms with E-state index in [0.29, 0.717) is 13.0 Å². The maximum atomic E-state index is 11.5. The summed E-state index contributed by atoms with van der Waals surface area (Å²) in [6.45, 7) is 9.68. The van der Waals surface area contributed by atoms with Crippen LogP contribution in [0.4, 0.5) is 0 Å². The molecule has 0 N–H and O–H groups in total. The molecule has 0 spiro atoms. The van der Waals surface area contributed by atoms with Crippen LogP contribution >= 0.6 is 0 Å². The molecule has 5 heteroatoms. The topological polar surface area (TPSA) is 61.8 Å². The zero-order chi connectivity index (χ0) is 28.6. The largest absolute Gasteiger partial charge is 0.494 e. The second-order valence-electron chi connectivity index (χ2n) is 10.0. The van der Waals surface area contributed by atoms with E-state index >= 15 is 0 Å². The molecule has 5 nitrogen and oxygen atoms in total.